The Labute approximate surface area is 214 Å². The fourth-order valence-electron chi connectivity index (χ4n) is 5.02. The second-order valence-electron chi connectivity index (χ2n) is 9.59. The molecule has 38 heavy (non-hydrogen) atoms. The molecular formula is C24H25F4N7O3. The van der Waals surface area contributed by atoms with Gasteiger partial charge < -0.3 is 15.0 Å². The molecule has 1 saturated carbocycles. The molecule has 0 radical (unpaired) electrons. The summed E-state index contributed by atoms with van der Waals surface area (Å²) in [5.74, 6) is -1.53. The number of methoxy groups -OCH3 is 1. The van der Waals surface area contributed by atoms with Crippen molar-refractivity contribution >= 4 is 11.8 Å². The SMILES string of the molecule is COc1cc(-c2cc(C(=O)N3CC[C@H](C(=O)NCc4c(C(F)(F)F)cnn4C)CC34CC4)[nH]n2)c(F)cn1. The molecule has 202 valence electrons. The summed E-state index contributed by atoms with van der Waals surface area (Å²) in [6, 6.07) is 2.84. The number of alkyl halides is 3. The van der Waals surface area contributed by atoms with E-state index in [1.807, 2.05) is 0 Å². The number of ether oxygens (including phenoxy) is 1. The highest BCUT2D eigenvalue weighted by Gasteiger charge is 2.54. The van der Waals surface area contributed by atoms with Crippen LogP contribution in [0.15, 0.2) is 24.5 Å². The molecule has 0 aromatic carbocycles. The predicted molar refractivity (Wildman–Crippen MR) is 124 cm³/mol. The Kier molecular flexibility index (Phi) is 6.35. The third kappa shape index (κ3) is 4.70. The van der Waals surface area contributed by atoms with Gasteiger partial charge in [0.1, 0.15) is 5.69 Å². The average Bonchev–Trinajstić information content (AvgIpc) is 3.28. The summed E-state index contributed by atoms with van der Waals surface area (Å²) in [6.45, 7) is -0.00812. The molecule has 4 heterocycles. The molecule has 2 N–H and O–H groups in total. The van der Waals surface area contributed by atoms with E-state index in [1.165, 1.54) is 26.3 Å². The molecule has 1 atom stereocenters. The number of aryl methyl sites for hydroxylation is 1. The van der Waals surface area contributed by atoms with Crippen molar-refractivity contribution in [3.63, 3.8) is 0 Å². The van der Waals surface area contributed by atoms with Crippen molar-refractivity contribution in [1.82, 2.24) is 35.2 Å². The number of hydrogen-bond acceptors (Lipinski definition) is 6. The molecule has 2 amide bonds. The fraction of sp³-hybridized carbons (Fsp3) is 0.458. The van der Waals surface area contributed by atoms with Gasteiger partial charge in [-0.05, 0) is 31.7 Å². The predicted octanol–water partition coefficient (Wildman–Crippen LogP) is 3.07. The normalized spacial score (nSPS) is 18.5. The molecule has 2 fully saturated rings. The molecule has 0 unspecified atom stereocenters. The maximum Gasteiger partial charge on any atom is 0.419 e. The van der Waals surface area contributed by atoms with Crippen LogP contribution in [-0.4, -0.2) is 60.9 Å². The van der Waals surface area contributed by atoms with Gasteiger partial charge in [-0.3, -0.25) is 19.4 Å². The number of carbonyl (C=O) groups is 2. The van der Waals surface area contributed by atoms with E-state index in [0.29, 0.717) is 32.2 Å². The molecule has 14 heteroatoms. The highest BCUT2D eigenvalue weighted by molar-refractivity contribution is 5.94. The first-order valence-corrected chi connectivity index (χ1v) is 12.0. The van der Waals surface area contributed by atoms with Crippen LogP contribution in [0.5, 0.6) is 5.88 Å². The molecule has 1 spiro atoms. The third-order valence-electron chi connectivity index (χ3n) is 7.26. The number of carbonyl (C=O) groups excluding carboxylic acids is 2. The maximum absolute atomic E-state index is 14.3. The van der Waals surface area contributed by atoms with E-state index in [0.717, 1.165) is 17.1 Å². The number of aromatic nitrogens is 5. The minimum atomic E-state index is -4.57. The van der Waals surface area contributed by atoms with Crippen molar-refractivity contribution in [3.05, 3.63) is 47.3 Å². The van der Waals surface area contributed by atoms with Gasteiger partial charge in [0.25, 0.3) is 5.91 Å². The number of rotatable bonds is 6. The number of aromatic amines is 1. The van der Waals surface area contributed by atoms with Gasteiger partial charge in [0.2, 0.25) is 11.8 Å². The molecule has 3 aromatic heterocycles. The summed E-state index contributed by atoms with van der Waals surface area (Å²) in [6.07, 6.45) is -0.644. The smallest absolute Gasteiger partial charge is 0.419 e. The van der Waals surface area contributed by atoms with Crippen LogP contribution >= 0.6 is 0 Å². The highest BCUT2D eigenvalue weighted by Crippen LogP contribution is 2.50. The Morgan fingerprint density at radius 2 is 2.03 bits per heavy atom. The zero-order valence-electron chi connectivity index (χ0n) is 20.6. The van der Waals surface area contributed by atoms with Crippen molar-refractivity contribution in [3.8, 4) is 17.1 Å². The average molecular weight is 536 g/mol. The number of likely N-dealkylation sites (tertiary alicyclic amines) is 1. The van der Waals surface area contributed by atoms with Crippen LogP contribution in [0.1, 0.15) is 47.4 Å². The van der Waals surface area contributed by atoms with Crippen LogP contribution in [-0.2, 0) is 24.6 Å². The van der Waals surface area contributed by atoms with Crippen LogP contribution in [0.3, 0.4) is 0 Å². The fourth-order valence-corrected chi connectivity index (χ4v) is 5.02. The lowest BCUT2D eigenvalue weighted by atomic mass is 9.88. The summed E-state index contributed by atoms with van der Waals surface area (Å²) >= 11 is 0. The number of piperidine rings is 1. The maximum atomic E-state index is 14.3. The lowest BCUT2D eigenvalue weighted by Gasteiger charge is -2.39. The summed E-state index contributed by atoms with van der Waals surface area (Å²) in [5.41, 5.74) is -0.983. The molecule has 3 aromatic rings. The van der Waals surface area contributed by atoms with Crippen molar-refractivity contribution < 1.29 is 31.9 Å². The Hall–Kier alpha value is -3.97. The van der Waals surface area contributed by atoms with Crippen molar-refractivity contribution in [2.75, 3.05) is 13.7 Å². The zero-order valence-corrected chi connectivity index (χ0v) is 20.6. The Balaban J connectivity index is 1.25. The van der Waals surface area contributed by atoms with E-state index in [4.69, 9.17) is 4.74 Å². The number of H-pyrrole nitrogens is 1. The number of nitrogens with one attached hydrogen (secondary N) is 2. The first-order chi connectivity index (χ1) is 18.0. The Morgan fingerprint density at radius 1 is 1.26 bits per heavy atom. The molecular weight excluding hydrogens is 510 g/mol. The first-order valence-electron chi connectivity index (χ1n) is 12.0. The number of nitrogens with zero attached hydrogens (tertiary/aromatic N) is 5. The van der Waals surface area contributed by atoms with Crippen LogP contribution < -0.4 is 10.1 Å². The van der Waals surface area contributed by atoms with E-state index < -0.39 is 29.0 Å². The monoisotopic (exact) mass is 535 g/mol. The van der Waals surface area contributed by atoms with Crippen molar-refractivity contribution in [1.29, 1.82) is 0 Å². The Morgan fingerprint density at radius 3 is 2.71 bits per heavy atom. The summed E-state index contributed by atoms with van der Waals surface area (Å²) in [4.78, 5) is 31.7. The van der Waals surface area contributed by atoms with E-state index in [1.54, 1.807) is 4.90 Å². The zero-order chi connectivity index (χ0) is 27.2. The minimum Gasteiger partial charge on any atom is -0.481 e. The van der Waals surface area contributed by atoms with Gasteiger partial charge in [-0.25, -0.2) is 9.37 Å². The molecule has 0 bridgehead atoms. The molecule has 1 aliphatic heterocycles. The molecule has 2 aliphatic rings. The van der Waals surface area contributed by atoms with Gasteiger partial charge in [-0.15, -0.1) is 0 Å². The van der Waals surface area contributed by atoms with Gasteiger partial charge in [-0.2, -0.15) is 23.4 Å². The third-order valence-corrected chi connectivity index (χ3v) is 7.26. The summed E-state index contributed by atoms with van der Waals surface area (Å²) in [5, 5.41) is 13.0. The molecule has 1 aliphatic carbocycles. The van der Waals surface area contributed by atoms with Crippen LogP contribution in [0.25, 0.3) is 11.3 Å². The van der Waals surface area contributed by atoms with Crippen molar-refractivity contribution in [2.24, 2.45) is 13.0 Å². The highest BCUT2D eigenvalue weighted by atomic mass is 19.4. The number of pyridine rings is 1. The summed E-state index contributed by atoms with van der Waals surface area (Å²) < 4.78 is 60.1. The Bertz CT molecular complexity index is 1380. The van der Waals surface area contributed by atoms with Gasteiger partial charge in [0, 0.05) is 36.7 Å². The largest absolute Gasteiger partial charge is 0.481 e. The lowest BCUT2D eigenvalue weighted by molar-refractivity contribution is -0.138. The van der Waals surface area contributed by atoms with Crippen LogP contribution in [0.2, 0.25) is 0 Å². The van der Waals surface area contributed by atoms with E-state index in [-0.39, 0.29) is 46.9 Å². The number of halogens is 4. The van der Waals surface area contributed by atoms with Gasteiger partial charge in [0.15, 0.2) is 5.82 Å². The van der Waals surface area contributed by atoms with Crippen LogP contribution in [0, 0.1) is 11.7 Å². The molecule has 10 nitrogen and oxygen atoms in total. The number of hydrogen-bond donors (Lipinski definition) is 2. The summed E-state index contributed by atoms with van der Waals surface area (Å²) in [7, 11) is 2.79. The van der Waals surface area contributed by atoms with Gasteiger partial charge >= 0.3 is 6.18 Å². The first kappa shape index (κ1) is 25.7. The topological polar surface area (TPSA) is 118 Å². The minimum absolute atomic E-state index is 0.127. The second-order valence-corrected chi connectivity index (χ2v) is 9.59. The molecule has 1 saturated heterocycles. The van der Waals surface area contributed by atoms with Crippen LogP contribution in [0.4, 0.5) is 17.6 Å². The van der Waals surface area contributed by atoms with E-state index >= 15 is 0 Å². The number of amides is 2. The van der Waals surface area contributed by atoms with Gasteiger partial charge in [-0.1, -0.05) is 0 Å². The quantitative estimate of drug-likeness (QED) is 0.469. The standard InChI is InChI=1S/C24H25F4N7O3/c1-34-19(15(10-31-34)24(26,27)28)12-30-21(36)13-3-6-35(23(9-13)4-5-23)22(37)18-8-17(32-33-18)14-7-20(38-2)29-11-16(14)25/h7-8,10-11,13H,3-6,9,12H2,1-2H3,(H,30,36)(H,32,33)/t13-/m0/s1. The second kappa shape index (κ2) is 9.40. The van der Waals surface area contributed by atoms with E-state index in [9.17, 15) is 27.2 Å². The molecule has 5 rings (SSSR count). The van der Waals surface area contributed by atoms with Gasteiger partial charge in [0.05, 0.1) is 43.0 Å². The van der Waals surface area contributed by atoms with E-state index in [2.05, 4.69) is 25.6 Å². The lowest BCUT2D eigenvalue weighted by Crippen LogP contribution is -2.50. The van der Waals surface area contributed by atoms with Crippen molar-refractivity contribution in [2.45, 2.75) is 43.9 Å².